The van der Waals surface area contributed by atoms with Gasteiger partial charge in [0, 0.05) is 23.8 Å². The van der Waals surface area contributed by atoms with E-state index in [1.54, 1.807) is 17.9 Å². The summed E-state index contributed by atoms with van der Waals surface area (Å²) in [5, 5.41) is 12.6. The van der Waals surface area contributed by atoms with E-state index in [1.807, 2.05) is 78.9 Å². The minimum Gasteiger partial charge on any atom is -0.426 e. The van der Waals surface area contributed by atoms with Crippen LogP contribution in [0.5, 0.6) is 6.01 Å². The number of para-hydroxylation sites is 1. The highest BCUT2D eigenvalue weighted by atomic mass is 32.2. The van der Waals surface area contributed by atoms with Gasteiger partial charge in [0.2, 0.25) is 21.8 Å². The molecule has 308 valence electrons. The lowest BCUT2D eigenvalue weighted by Crippen LogP contribution is -2.57. The van der Waals surface area contributed by atoms with E-state index in [0.717, 1.165) is 53.4 Å². The van der Waals surface area contributed by atoms with E-state index in [2.05, 4.69) is 39.5 Å². The zero-order chi connectivity index (χ0) is 41.5. The SMILES string of the molecule is CC(C)[n+]1c(O[C@@H]2C[C@H]3C(=O)N[C@]4(C(=O)NS(=O)(=O)C5(C)CC5)C[C@H]4/C=C\CCCCC[C@H](Cc4ccccc4)C(=O)N3C2)[nH]c2c(-c3cccc(C#N)c3)cccc21. The Morgan fingerprint density at radius 2 is 1.83 bits per heavy atom. The molecule has 3 N–H and O–H groups in total. The van der Waals surface area contributed by atoms with Crippen LogP contribution in [-0.2, 0) is 30.8 Å². The molecule has 13 heteroatoms. The molecule has 2 aliphatic heterocycles. The molecule has 2 aliphatic carbocycles. The highest BCUT2D eigenvalue weighted by Gasteiger charge is 2.63. The summed E-state index contributed by atoms with van der Waals surface area (Å²) in [6.07, 6.45) is 9.33. The molecular weight excluding hydrogens is 765 g/mol. The number of nitriles is 1. The summed E-state index contributed by atoms with van der Waals surface area (Å²) in [5.41, 5.74) is 3.63. The first kappa shape index (κ1) is 40.3. The van der Waals surface area contributed by atoms with E-state index < -0.39 is 44.3 Å². The van der Waals surface area contributed by atoms with Crippen LogP contribution in [0.4, 0.5) is 0 Å². The number of allylic oxidation sites excluding steroid dienone is 1. The minimum atomic E-state index is -3.96. The van der Waals surface area contributed by atoms with Crippen LogP contribution >= 0.6 is 0 Å². The molecule has 3 fully saturated rings. The number of hydrogen-bond acceptors (Lipinski definition) is 7. The summed E-state index contributed by atoms with van der Waals surface area (Å²) in [5.74, 6) is -2.16. The predicted octanol–water partition coefficient (Wildman–Crippen LogP) is 6.18. The van der Waals surface area contributed by atoms with E-state index in [1.165, 1.54) is 0 Å². The summed E-state index contributed by atoms with van der Waals surface area (Å²) >= 11 is 0. The third-order valence-corrected chi connectivity index (χ3v) is 14.9. The van der Waals surface area contributed by atoms with E-state index in [0.29, 0.717) is 37.3 Å². The van der Waals surface area contributed by atoms with Gasteiger partial charge in [-0.25, -0.2) is 13.4 Å². The molecule has 0 radical (unpaired) electrons. The number of hydrogen-bond donors (Lipinski definition) is 3. The number of aromatic amines is 1. The molecule has 1 aromatic heterocycles. The van der Waals surface area contributed by atoms with Crippen molar-refractivity contribution in [3.63, 3.8) is 0 Å². The van der Waals surface area contributed by atoms with Crippen LogP contribution < -0.4 is 19.3 Å². The number of benzene rings is 3. The van der Waals surface area contributed by atoms with Crippen LogP contribution in [0.3, 0.4) is 0 Å². The minimum absolute atomic E-state index is 0.0288. The number of nitrogens with zero attached hydrogens (tertiary/aromatic N) is 3. The number of imidazole rings is 1. The molecule has 12 nitrogen and oxygen atoms in total. The van der Waals surface area contributed by atoms with Gasteiger partial charge in [-0.1, -0.05) is 73.5 Å². The Kier molecular flexibility index (Phi) is 10.9. The summed E-state index contributed by atoms with van der Waals surface area (Å²) in [6, 6.07) is 25.0. The maximum Gasteiger partial charge on any atom is 0.455 e. The predicted molar refractivity (Wildman–Crippen MR) is 223 cm³/mol. The fourth-order valence-electron chi connectivity index (χ4n) is 8.88. The summed E-state index contributed by atoms with van der Waals surface area (Å²) in [6.45, 7) is 5.88. The molecule has 3 amide bonds. The van der Waals surface area contributed by atoms with Gasteiger partial charge >= 0.3 is 6.01 Å². The third kappa shape index (κ3) is 7.99. The molecule has 8 rings (SSSR count). The number of carbonyl (C=O) groups excluding carboxylic acids is 3. The van der Waals surface area contributed by atoms with Gasteiger partial charge in [0.05, 0.1) is 29.0 Å². The number of ether oxygens (including phenoxy) is 1. The van der Waals surface area contributed by atoms with Crippen molar-refractivity contribution in [1.29, 1.82) is 5.26 Å². The number of amides is 3. The molecule has 0 bridgehead atoms. The Morgan fingerprint density at radius 1 is 1.05 bits per heavy atom. The molecule has 2 saturated carbocycles. The molecule has 3 heterocycles. The average molecular weight is 818 g/mol. The average Bonchev–Trinajstić information content (AvgIpc) is 4.04. The first-order valence-electron chi connectivity index (χ1n) is 21.0. The maximum atomic E-state index is 14.9. The number of fused-ring (bicyclic) bond motifs is 3. The molecule has 5 atom stereocenters. The van der Waals surface area contributed by atoms with Gasteiger partial charge < -0.3 is 15.0 Å². The van der Waals surface area contributed by atoms with Crippen molar-refractivity contribution in [3.8, 4) is 23.2 Å². The van der Waals surface area contributed by atoms with Crippen molar-refractivity contribution < 1.29 is 32.1 Å². The lowest BCUT2D eigenvalue weighted by atomic mass is 9.92. The Hall–Kier alpha value is -5.48. The second-order valence-electron chi connectivity index (χ2n) is 17.4. The second-order valence-corrected chi connectivity index (χ2v) is 19.6. The molecule has 4 aromatic rings. The highest BCUT2D eigenvalue weighted by molar-refractivity contribution is 7.91. The van der Waals surface area contributed by atoms with Gasteiger partial charge in [0.15, 0.2) is 11.0 Å². The zero-order valence-corrected chi connectivity index (χ0v) is 34.8. The van der Waals surface area contributed by atoms with Crippen LogP contribution in [-0.4, -0.2) is 65.0 Å². The number of nitrogens with one attached hydrogen (secondary N) is 3. The molecule has 3 aromatic carbocycles. The molecule has 4 aliphatic rings. The van der Waals surface area contributed by atoms with E-state index >= 15 is 0 Å². The monoisotopic (exact) mass is 817 g/mol. The smallest absolute Gasteiger partial charge is 0.426 e. The van der Waals surface area contributed by atoms with Crippen LogP contribution in [0.25, 0.3) is 22.2 Å². The van der Waals surface area contributed by atoms with E-state index in [-0.39, 0.29) is 43.2 Å². The largest absolute Gasteiger partial charge is 0.455 e. The topological polar surface area (TPSA) is 165 Å². The third-order valence-electron chi connectivity index (χ3n) is 12.8. The molecule has 0 spiro atoms. The standard InChI is InChI=1S/C46H52N6O6S/c1-30(2)52-38-21-13-20-37(33-18-12-16-32(25-33)28-47)40(38)48-44(52)58-36-26-39-41(53)49-46(43(55)50-59(56,57)45(3)22-23-45)27-35(46)19-11-6-4-5-10-17-34(42(54)51(39)29-36)24-31-14-8-7-9-15-31/h7-9,11-16,18-21,25,30,34-36,39H,4-6,10,17,22-24,26-27,29H2,1-3H3,(H2,49,50,53,55)/p+1/b19-11-/t34-,35-,36-,39+,46-/m1/s1. The lowest BCUT2D eigenvalue weighted by molar-refractivity contribution is -0.696. The zero-order valence-electron chi connectivity index (χ0n) is 33.9. The van der Waals surface area contributed by atoms with Crippen molar-refractivity contribution >= 4 is 38.8 Å². The molecule has 1 saturated heterocycles. The Bertz CT molecular complexity index is 2450. The van der Waals surface area contributed by atoms with Crippen molar-refractivity contribution in [2.45, 2.75) is 113 Å². The van der Waals surface area contributed by atoms with Crippen LogP contribution in [0.1, 0.15) is 95.7 Å². The van der Waals surface area contributed by atoms with Crippen LogP contribution in [0.2, 0.25) is 0 Å². The van der Waals surface area contributed by atoms with Gasteiger partial charge in [-0.2, -0.15) is 9.83 Å². The number of H-pyrrole nitrogens is 1. The Labute approximate surface area is 346 Å². The maximum absolute atomic E-state index is 14.9. The first-order chi connectivity index (χ1) is 28.3. The number of aromatic nitrogens is 2. The van der Waals surface area contributed by atoms with Gasteiger partial charge in [-0.05, 0) is 101 Å². The van der Waals surface area contributed by atoms with Gasteiger partial charge in [-0.15, -0.1) is 0 Å². The van der Waals surface area contributed by atoms with Gasteiger partial charge in [0.25, 0.3) is 5.91 Å². The first-order valence-corrected chi connectivity index (χ1v) is 22.4. The van der Waals surface area contributed by atoms with E-state index in [4.69, 9.17) is 4.74 Å². The lowest BCUT2D eigenvalue weighted by Gasteiger charge is -2.29. The normalized spacial score (nSPS) is 26.1. The van der Waals surface area contributed by atoms with Crippen molar-refractivity contribution in [3.05, 3.63) is 96.1 Å². The fourth-order valence-corrected chi connectivity index (χ4v) is 10.2. The van der Waals surface area contributed by atoms with Crippen molar-refractivity contribution in [1.82, 2.24) is 19.9 Å². The molecular formula is C46H53N6O6S+. The summed E-state index contributed by atoms with van der Waals surface area (Å²) in [7, 11) is -3.96. The summed E-state index contributed by atoms with van der Waals surface area (Å²) in [4.78, 5) is 48.7. The molecule has 0 unspecified atom stereocenters. The van der Waals surface area contributed by atoms with E-state index in [9.17, 15) is 28.1 Å². The fraction of sp³-hybridized carbons (Fsp3) is 0.457. The van der Waals surface area contributed by atoms with Gasteiger partial charge in [-0.3, -0.25) is 19.1 Å². The second kappa shape index (κ2) is 15.9. The Morgan fingerprint density at radius 3 is 2.58 bits per heavy atom. The van der Waals surface area contributed by atoms with Crippen molar-refractivity contribution in [2.75, 3.05) is 6.54 Å². The quantitative estimate of drug-likeness (QED) is 0.134. The summed E-state index contributed by atoms with van der Waals surface area (Å²) < 4.78 is 36.7. The number of sulfonamides is 1. The number of carbonyl (C=O) groups is 3. The highest BCUT2D eigenvalue weighted by Crippen LogP contribution is 2.47. The Balaban J connectivity index is 1.14. The van der Waals surface area contributed by atoms with Gasteiger partial charge in [0.1, 0.15) is 17.7 Å². The van der Waals surface area contributed by atoms with Crippen LogP contribution in [0, 0.1) is 23.2 Å². The van der Waals surface area contributed by atoms with Crippen molar-refractivity contribution in [2.24, 2.45) is 11.8 Å². The van der Waals surface area contributed by atoms with Crippen LogP contribution in [0.15, 0.2) is 84.9 Å². The number of rotatable bonds is 9. The molecule has 59 heavy (non-hydrogen) atoms.